The Balaban J connectivity index is 2.10. The molecule has 0 spiro atoms. The van der Waals surface area contributed by atoms with Gasteiger partial charge in [-0.1, -0.05) is 12.1 Å². The molecule has 104 valence electrons. The average molecular weight is 266 g/mol. The Hall–Kier alpha value is -1.46. The van der Waals surface area contributed by atoms with Gasteiger partial charge in [-0.25, -0.2) is 9.18 Å². The second-order valence-electron chi connectivity index (χ2n) is 5.02. The zero-order chi connectivity index (χ0) is 13.8. The molecule has 1 saturated heterocycles. The summed E-state index contributed by atoms with van der Waals surface area (Å²) < 4.78 is 14.0. The van der Waals surface area contributed by atoms with Crippen molar-refractivity contribution in [2.75, 3.05) is 33.2 Å². The molecule has 0 amide bonds. The van der Waals surface area contributed by atoms with E-state index in [1.165, 1.54) is 6.07 Å². The van der Waals surface area contributed by atoms with Crippen LogP contribution in [0, 0.1) is 5.82 Å². The van der Waals surface area contributed by atoms with Gasteiger partial charge in [0.15, 0.2) is 0 Å². The van der Waals surface area contributed by atoms with Gasteiger partial charge in [-0.05, 0) is 32.6 Å². The highest BCUT2D eigenvalue weighted by atomic mass is 19.1. The second-order valence-corrected chi connectivity index (χ2v) is 5.02. The van der Waals surface area contributed by atoms with Crippen molar-refractivity contribution in [1.29, 1.82) is 0 Å². The number of rotatable bonds is 3. The van der Waals surface area contributed by atoms with E-state index < -0.39 is 11.8 Å². The van der Waals surface area contributed by atoms with Gasteiger partial charge in [0, 0.05) is 25.2 Å². The summed E-state index contributed by atoms with van der Waals surface area (Å²) in [5.41, 5.74) is 0.217. The van der Waals surface area contributed by atoms with Crippen LogP contribution in [0.15, 0.2) is 18.2 Å². The quantitative estimate of drug-likeness (QED) is 0.903. The third-order valence-corrected chi connectivity index (χ3v) is 3.52. The van der Waals surface area contributed by atoms with E-state index in [1.807, 2.05) is 0 Å². The summed E-state index contributed by atoms with van der Waals surface area (Å²) in [6, 6.07) is 4.57. The van der Waals surface area contributed by atoms with Crippen LogP contribution in [0.5, 0.6) is 0 Å². The lowest BCUT2D eigenvalue weighted by atomic mass is 10.1. The molecule has 0 bridgehead atoms. The second kappa shape index (κ2) is 6.12. The summed E-state index contributed by atoms with van der Waals surface area (Å²) in [5, 5.41) is 8.92. The van der Waals surface area contributed by atoms with E-state index in [9.17, 15) is 9.18 Å². The highest BCUT2D eigenvalue weighted by Gasteiger charge is 2.17. The van der Waals surface area contributed by atoms with Gasteiger partial charge in [0.05, 0.1) is 5.56 Å². The molecule has 0 unspecified atom stereocenters. The summed E-state index contributed by atoms with van der Waals surface area (Å²) >= 11 is 0. The fourth-order valence-corrected chi connectivity index (χ4v) is 2.37. The largest absolute Gasteiger partial charge is 0.478 e. The minimum absolute atomic E-state index is 0.246. The van der Waals surface area contributed by atoms with Crippen molar-refractivity contribution in [3.8, 4) is 0 Å². The molecule has 4 nitrogen and oxygen atoms in total. The topological polar surface area (TPSA) is 43.8 Å². The molecular weight excluding hydrogens is 247 g/mol. The van der Waals surface area contributed by atoms with Crippen LogP contribution in [-0.4, -0.2) is 54.1 Å². The molecule has 1 N–H and O–H groups in total. The normalized spacial score (nSPS) is 18.2. The van der Waals surface area contributed by atoms with Gasteiger partial charge in [-0.15, -0.1) is 0 Å². The van der Waals surface area contributed by atoms with Crippen molar-refractivity contribution in [3.63, 3.8) is 0 Å². The maximum absolute atomic E-state index is 14.0. The number of benzene rings is 1. The first kappa shape index (κ1) is 14.0. The monoisotopic (exact) mass is 266 g/mol. The maximum Gasteiger partial charge on any atom is 0.338 e. The first-order valence-electron chi connectivity index (χ1n) is 6.49. The van der Waals surface area contributed by atoms with Gasteiger partial charge in [0.2, 0.25) is 0 Å². The van der Waals surface area contributed by atoms with Crippen LogP contribution in [-0.2, 0) is 6.54 Å². The molecule has 1 fully saturated rings. The van der Waals surface area contributed by atoms with Crippen molar-refractivity contribution >= 4 is 5.97 Å². The number of nitrogens with zero attached hydrogens (tertiary/aromatic N) is 2. The summed E-state index contributed by atoms with van der Waals surface area (Å²) in [4.78, 5) is 15.3. The smallest absolute Gasteiger partial charge is 0.338 e. The van der Waals surface area contributed by atoms with Crippen LogP contribution in [0.25, 0.3) is 0 Å². The van der Waals surface area contributed by atoms with Crippen LogP contribution in [0.4, 0.5) is 4.39 Å². The minimum Gasteiger partial charge on any atom is -0.478 e. The molecule has 0 aromatic heterocycles. The molecule has 1 aromatic rings. The molecular formula is C14H19FN2O2. The van der Waals surface area contributed by atoms with E-state index in [0.29, 0.717) is 12.1 Å². The maximum atomic E-state index is 14.0. The number of carboxylic acids is 1. The molecule has 0 aliphatic carbocycles. The number of carboxylic acid groups (broad SMARTS) is 1. The summed E-state index contributed by atoms with van der Waals surface area (Å²) in [6.07, 6.45) is 1.05. The summed E-state index contributed by atoms with van der Waals surface area (Å²) in [5.74, 6) is -1.82. The van der Waals surface area contributed by atoms with E-state index in [0.717, 1.165) is 32.6 Å². The minimum atomic E-state index is -1.21. The number of likely N-dealkylation sites (N-methyl/N-ethyl adjacent to an activating group) is 1. The highest BCUT2D eigenvalue weighted by Crippen LogP contribution is 2.16. The lowest BCUT2D eigenvalue weighted by molar-refractivity contribution is 0.0691. The van der Waals surface area contributed by atoms with E-state index in [4.69, 9.17) is 5.11 Å². The summed E-state index contributed by atoms with van der Waals surface area (Å²) in [6.45, 7) is 4.28. The molecule has 1 aliphatic rings. The van der Waals surface area contributed by atoms with Crippen molar-refractivity contribution in [3.05, 3.63) is 35.1 Å². The van der Waals surface area contributed by atoms with Crippen LogP contribution >= 0.6 is 0 Å². The van der Waals surface area contributed by atoms with Crippen molar-refractivity contribution in [1.82, 2.24) is 9.80 Å². The number of hydrogen-bond acceptors (Lipinski definition) is 3. The molecule has 5 heteroatoms. The first-order valence-corrected chi connectivity index (χ1v) is 6.49. The zero-order valence-electron chi connectivity index (χ0n) is 11.1. The standard InChI is InChI=1S/C14H19FN2O2/c1-16-6-3-7-17(9-8-16)10-11-4-2-5-12(13(11)15)14(18)19/h2,4-5H,3,6-10H2,1H3,(H,18,19). The van der Waals surface area contributed by atoms with Crippen molar-refractivity contribution in [2.45, 2.75) is 13.0 Å². The Morgan fingerprint density at radius 2 is 2.11 bits per heavy atom. The van der Waals surface area contributed by atoms with Gasteiger partial charge >= 0.3 is 5.97 Å². The van der Waals surface area contributed by atoms with Gasteiger partial charge in [-0.3, -0.25) is 4.90 Å². The number of aromatic carboxylic acids is 1. The molecule has 0 saturated carbocycles. The molecule has 1 aromatic carbocycles. The van der Waals surface area contributed by atoms with E-state index >= 15 is 0 Å². The Kier molecular flexibility index (Phi) is 4.50. The molecule has 0 atom stereocenters. The third-order valence-electron chi connectivity index (χ3n) is 3.52. The zero-order valence-corrected chi connectivity index (χ0v) is 11.1. The fraction of sp³-hybridized carbons (Fsp3) is 0.500. The predicted molar refractivity (Wildman–Crippen MR) is 70.8 cm³/mol. The molecule has 1 aliphatic heterocycles. The molecule has 2 rings (SSSR count). The fourth-order valence-electron chi connectivity index (χ4n) is 2.37. The average Bonchev–Trinajstić information content (AvgIpc) is 2.57. The van der Waals surface area contributed by atoms with Crippen LogP contribution < -0.4 is 0 Å². The van der Waals surface area contributed by atoms with Crippen molar-refractivity contribution < 1.29 is 14.3 Å². The molecule has 1 heterocycles. The number of halogens is 1. The van der Waals surface area contributed by atoms with Crippen molar-refractivity contribution in [2.24, 2.45) is 0 Å². The first-order chi connectivity index (χ1) is 9.08. The Morgan fingerprint density at radius 1 is 1.32 bits per heavy atom. The summed E-state index contributed by atoms with van der Waals surface area (Å²) in [7, 11) is 2.08. The Bertz CT molecular complexity index is 465. The lowest BCUT2D eigenvalue weighted by Crippen LogP contribution is -2.29. The number of hydrogen-bond donors (Lipinski definition) is 1. The van der Waals surface area contributed by atoms with E-state index in [2.05, 4.69) is 16.8 Å². The predicted octanol–water partition coefficient (Wildman–Crippen LogP) is 1.66. The van der Waals surface area contributed by atoms with Gasteiger partial charge in [0.25, 0.3) is 0 Å². The van der Waals surface area contributed by atoms with Gasteiger partial charge in [0.1, 0.15) is 5.82 Å². The Morgan fingerprint density at radius 3 is 2.84 bits per heavy atom. The highest BCUT2D eigenvalue weighted by molar-refractivity contribution is 5.88. The lowest BCUT2D eigenvalue weighted by Gasteiger charge is -2.20. The molecule has 0 radical (unpaired) electrons. The van der Waals surface area contributed by atoms with Gasteiger partial charge < -0.3 is 10.0 Å². The SMILES string of the molecule is CN1CCCN(Cc2cccc(C(=O)O)c2F)CC1. The van der Waals surface area contributed by atoms with Crippen LogP contribution in [0.1, 0.15) is 22.3 Å². The van der Waals surface area contributed by atoms with Crippen LogP contribution in [0.3, 0.4) is 0 Å². The Labute approximate surface area is 112 Å². The van der Waals surface area contributed by atoms with E-state index in [-0.39, 0.29) is 5.56 Å². The third kappa shape index (κ3) is 3.52. The number of carbonyl (C=O) groups is 1. The van der Waals surface area contributed by atoms with Crippen LogP contribution in [0.2, 0.25) is 0 Å². The molecule has 19 heavy (non-hydrogen) atoms. The van der Waals surface area contributed by atoms with Gasteiger partial charge in [-0.2, -0.15) is 0 Å². The van der Waals surface area contributed by atoms with E-state index in [1.54, 1.807) is 12.1 Å².